The first-order valence-corrected chi connectivity index (χ1v) is 3.88. The number of carbonyl (C=O) groups excluding carboxylic acids is 1. The highest BCUT2D eigenvalue weighted by molar-refractivity contribution is 5.90. The van der Waals surface area contributed by atoms with Gasteiger partial charge in [-0.25, -0.2) is 0 Å². The van der Waals surface area contributed by atoms with Crippen LogP contribution in [0.5, 0.6) is 0 Å². The summed E-state index contributed by atoms with van der Waals surface area (Å²) in [5.74, 6) is 0.0948. The van der Waals surface area contributed by atoms with E-state index >= 15 is 0 Å². The van der Waals surface area contributed by atoms with Crippen LogP contribution < -0.4 is 5.73 Å². The number of hydrogen-bond donors (Lipinski definition) is 1. The molecule has 0 aliphatic carbocycles. The highest BCUT2D eigenvalue weighted by atomic mass is 16.1. The van der Waals surface area contributed by atoms with Gasteiger partial charge in [0.15, 0.2) is 5.78 Å². The van der Waals surface area contributed by atoms with E-state index in [-0.39, 0.29) is 11.2 Å². The van der Waals surface area contributed by atoms with Gasteiger partial charge in [0.05, 0.1) is 0 Å². The normalized spacial score (nSPS) is 13.3. The van der Waals surface area contributed by atoms with E-state index in [0.29, 0.717) is 12.1 Å². The van der Waals surface area contributed by atoms with Crippen LogP contribution in [-0.4, -0.2) is 5.78 Å². The minimum absolute atomic E-state index is 0.0924. The van der Waals surface area contributed by atoms with E-state index in [9.17, 15) is 4.79 Å². The van der Waals surface area contributed by atoms with Crippen molar-refractivity contribution >= 4 is 5.78 Å². The van der Waals surface area contributed by atoms with E-state index in [1.165, 1.54) is 6.08 Å². The summed E-state index contributed by atoms with van der Waals surface area (Å²) in [4.78, 5) is 10.9. The van der Waals surface area contributed by atoms with Gasteiger partial charge in [-0.05, 0) is 0 Å². The second kappa shape index (κ2) is 3.56. The van der Waals surface area contributed by atoms with Gasteiger partial charge in [0.2, 0.25) is 0 Å². The zero-order valence-electron chi connectivity index (χ0n) is 7.77. The monoisotopic (exact) mass is 155 g/mol. The molecule has 64 valence electrons. The van der Waals surface area contributed by atoms with E-state index in [1.807, 2.05) is 27.7 Å². The summed E-state index contributed by atoms with van der Waals surface area (Å²) in [6.45, 7) is 7.79. The fourth-order valence-corrected chi connectivity index (χ4v) is 0.492. The summed E-state index contributed by atoms with van der Waals surface area (Å²) >= 11 is 0. The molecule has 0 bridgehead atoms. The van der Waals surface area contributed by atoms with E-state index in [2.05, 4.69) is 0 Å². The van der Waals surface area contributed by atoms with Gasteiger partial charge in [-0.1, -0.05) is 27.7 Å². The van der Waals surface area contributed by atoms with Crippen molar-refractivity contribution < 1.29 is 4.79 Å². The van der Waals surface area contributed by atoms with Crippen LogP contribution in [0.1, 0.15) is 34.1 Å². The molecule has 0 radical (unpaired) electrons. The smallest absolute Gasteiger partial charge is 0.157 e. The van der Waals surface area contributed by atoms with Crippen LogP contribution in [0.4, 0.5) is 0 Å². The first-order valence-electron chi connectivity index (χ1n) is 3.88. The van der Waals surface area contributed by atoms with E-state index in [0.717, 1.165) is 0 Å². The number of allylic oxidation sites excluding steroid dienone is 2. The molecule has 0 atom stereocenters. The Kier molecular flexibility index (Phi) is 3.30. The van der Waals surface area contributed by atoms with Crippen molar-refractivity contribution in [3.05, 3.63) is 11.8 Å². The predicted octanol–water partition coefficient (Wildman–Crippen LogP) is 1.85. The highest BCUT2D eigenvalue weighted by Gasteiger charge is 2.13. The zero-order valence-corrected chi connectivity index (χ0v) is 7.77. The van der Waals surface area contributed by atoms with Crippen molar-refractivity contribution in [1.82, 2.24) is 0 Å². The molecular weight excluding hydrogens is 138 g/mol. The fourth-order valence-electron chi connectivity index (χ4n) is 0.492. The molecule has 0 fully saturated rings. The second-order valence-electron chi connectivity index (χ2n) is 3.67. The quantitative estimate of drug-likeness (QED) is 0.618. The second-order valence-corrected chi connectivity index (χ2v) is 3.67. The maximum absolute atomic E-state index is 10.9. The molecule has 2 N–H and O–H groups in total. The summed E-state index contributed by atoms with van der Waals surface area (Å²) < 4.78 is 0. The molecule has 0 aromatic carbocycles. The molecule has 0 rings (SSSR count). The Morgan fingerprint density at radius 1 is 1.45 bits per heavy atom. The summed E-state index contributed by atoms with van der Waals surface area (Å²) in [5, 5.41) is 0. The topological polar surface area (TPSA) is 43.1 Å². The Hall–Kier alpha value is -0.790. The van der Waals surface area contributed by atoms with Gasteiger partial charge < -0.3 is 5.73 Å². The van der Waals surface area contributed by atoms with Gasteiger partial charge in [0.1, 0.15) is 0 Å². The Balaban J connectivity index is 4.35. The molecule has 0 amide bonds. The zero-order chi connectivity index (χ0) is 9.07. The number of ketones is 1. The Bertz CT molecular complexity index is 174. The van der Waals surface area contributed by atoms with Crippen LogP contribution >= 0.6 is 0 Å². The fraction of sp³-hybridized carbons (Fsp3) is 0.667. The lowest BCUT2D eigenvalue weighted by Crippen LogP contribution is -2.18. The van der Waals surface area contributed by atoms with Crippen molar-refractivity contribution in [1.29, 1.82) is 0 Å². The molecule has 0 unspecified atom stereocenters. The molecule has 11 heavy (non-hydrogen) atoms. The number of rotatable bonds is 2. The summed E-state index contributed by atoms with van der Waals surface area (Å²) in [6.07, 6.45) is 2.05. The number of hydrogen-bond acceptors (Lipinski definition) is 2. The maximum Gasteiger partial charge on any atom is 0.157 e. The maximum atomic E-state index is 10.9. The molecule has 2 heteroatoms. The van der Waals surface area contributed by atoms with Crippen LogP contribution in [0.2, 0.25) is 0 Å². The average Bonchev–Trinajstić information content (AvgIpc) is 1.85. The highest BCUT2D eigenvalue weighted by Crippen LogP contribution is 2.20. The summed E-state index contributed by atoms with van der Waals surface area (Å²) in [5.41, 5.74) is 6.23. The standard InChI is InChI=1S/C9H17NO/c1-5-7(11)6-8(10)9(2,3)4/h6H,5,10H2,1-4H3/b8-6-. The number of nitrogens with two attached hydrogens (primary N) is 1. The lowest BCUT2D eigenvalue weighted by Gasteiger charge is -2.18. The molecule has 0 aromatic heterocycles. The van der Waals surface area contributed by atoms with Crippen molar-refractivity contribution in [2.24, 2.45) is 11.1 Å². The SMILES string of the molecule is CCC(=O)/C=C(\N)C(C)(C)C. The molecule has 0 spiro atoms. The molecule has 0 saturated heterocycles. The summed E-state index contributed by atoms with van der Waals surface area (Å²) in [6, 6.07) is 0. The van der Waals surface area contributed by atoms with E-state index < -0.39 is 0 Å². The average molecular weight is 155 g/mol. The Labute approximate surface area is 68.5 Å². The molecule has 0 aliphatic heterocycles. The van der Waals surface area contributed by atoms with Crippen molar-refractivity contribution in [3.8, 4) is 0 Å². The van der Waals surface area contributed by atoms with Crippen molar-refractivity contribution in [3.63, 3.8) is 0 Å². The van der Waals surface area contributed by atoms with Gasteiger partial charge in [-0.15, -0.1) is 0 Å². The van der Waals surface area contributed by atoms with Crippen molar-refractivity contribution in [2.75, 3.05) is 0 Å². The van der Waals surface area contributed by atoms with E-state index in [1.54, 1.807) is 0 Å². The molecule has 2 nitrogen and oxygen atoms in total. The third kappa shape index (κ3) is 3.81. The summed E-state index contributed by atoms with van der Waals surface area (Å²) in [7, 11) is 0. The first-order chi connectivity index (χ1) is 4.88. The first kappa shape index (κ1) is 10.2. The van der Waals surface area contributed by atoms with Gasteiger partial charge in [0, 0.05) is 23.6 Å². The van der Waals surface area contributed by atoms with Crippen LogP contribution in [0, 0.1) is 5.41 Å². The van der Waals surface area contributed by atoms with Crippen LogP contribution in [-0.2, 0) is 4.79 Å². The minimum Gasteiger partial charge on any atom is -0.402 e. The van der Waals surface area contributed by atoms with Crippen LogP contribution in [0.25, 0.3) is 0 Å². The largest absolute Gasteiger partial charge is 0.402 e. The lowest BCUT2D eigenvalue weighted by molar-refractivity contribution is -0.114. The van der Waals surface area contributed by atoms with Gasteiger partial charge in [0.25, 0.3) is 0 Å². The molecule has 0 aliphatic rings. The lowest BCUT2D eigenvalue weighted by atomic mass is 9.91. The predicted molar refractivity (Wildman–Crippen MR) is 47.0 cm³/mol. The molecular formula is C9H17NO. The number of carbonyl (C=O) groups is 1. The minimum atomic E-state index is -0.0924. The van der Waals surface area contributed by atoms with Crippen LogP contribution in [0.15, 0.2) is 11.8 Å². The molecule has 0 saturated carbocycles. The van der Waals surface area contributed by atoms with Crippen molar-refractivity contribution in [2.45, 2.75) is 34.1 Å². The van der Waals surface area contributed by atoms with Crippen LogP contribution in [0.3, 0.4) is 0 Å². The molecule has 0 heterocycles. The Morgan fingerprint density at radius 3 is 2.18 bits per heavy atom. The Morgan fingerprint density at radius 2 is 1.91 bits per heavy atom. The van der Waals surface area contributed by atoms with Gasteiger partial charge >= 0.3 is 0 Å². The van der Waals surface area contributed by atoms with Gasteiger partial charge in [-0.3, -0.25) is 4.79 Å². The van der Waals surface area contributed by atoms with Gasteiger partial charge in [-0.2, -0.15) is 0 Å². The third-order valence-electron chi connectivity index (χ3n) is 1.53. The van der Waals surface area contributed by atoms with E-state index in [4.69, 9.17) is 5.73 Å². The third-order valence-corrected chi connectivity index (χ3v) is 1.53. The molecule has 0 aromatic rings.